The molecule has 0 amide bonds. The molecule has 0 N–H and O–H groups in total. The molecule has 0 spiro atoms. The average molecular weight is 166 g/mol. The minimum atomic E-state index is 0.917. The highest BCUT2D eigenvalue weighted by Crippen LogP contribution is 2.34. The van der Waals surface area contributed by atoms with E-state index in [1.165, 1.54) is 25.7 Å². The SMILES string of the molecule is BC(CC)C(CCC)C(B)CC. The zero-order valence-corrected chi connectivity index (χ0v) is 9.56. The zero-order valence-electron chi connectivity index (χ0n) is 9.56. The van der Waals surface area contributed by atoms with E-state index in [0.717, 1.165) is 17.6 Å². The Balaban J connectivity index is 4.01. The molecule has 0 fully saturated rings. The molecule has 0 aromatic carbocycles. The Bertz CT molecular complexity index is 94.0. The van der Waals surface area contributed by atoms with Crippen LogP contribution in [0.5, 0.6) is 0 Å². The lowest BCUT2D eigenvalue weighted by Gasteiger charge is -2.28. The Hall–Kier alpha value is 0.130. The smallest absolute Gasteiger partial charge is 0.0676 e. The molecule has 0 aromatic heterocycles. The van der Waals surface area contributed by atoms with Crippen LogP contribution in [-0.2, 0) is 0 Å². The first-order valence-corrected chi connectivity index (χ1v) is 5.67. The fraction of sp³-hybridized carbons (Fsp3) is 1.00. The van der Waals surface area contributed by atoms with Gasteiger partial charge in [0.1, 0.15) is 15.7 Å². The molecule has 2 unspecified atom stereocenters. The lowest BCUT2D eigenvalue weighted by Crippen LogP contribution is -2.15. The Morgan fingerprint density at radius 2 is 1.33 bits per heavy atom. The van der Waals surface area contributed by atoms with Crippen LogP contribution in [-0.4, -0.2) is 15.7 Å². The quantitative estimate of drug-likeness (QED) is 0.529. The van der Waals surface area contributed by atoms with Crippen LogP contribution in [0, 0.1) is 5.92 Å². The van der Waals surface area contributed by atoms with Gasteiger partial charge in [0.25, 0.3) is 0 Å². The van der Waals surface area contributed by atoms with Gasteiger partial charge >= 0.3 is 0 Å². The molecule has 70 valence electrons. The first-order chi connectivity index (χ1) is 5.67. The van der Waals surface area contributed by atoms with E-state index in [1.807, 2.05) is 0 Å². The summed E-state index contributed by atoms with van der Waals surface area (Å²) in [6, 6.07) is 0. The van der Waals surface area contributed by atoms with E-state index >= 15 is 0 Å². The van der Waals surface area contributed by atoms with Gasteiger partial charge in [-0.1, -0.05) is 64.0 Å². The summed E-state index contributed by atoms with van der Waals surface area (Å²) in [4.78, 5) is 0. The van der Waals surface area contributed by atoms with Crippen LogP contribution >= 0.6 is 0 Å². The summed E-state index contributed by atoms with van der Waals surface area (Å²) < 4.78 is 0. The third-order valence-corrected chi connectivity index (χ3v) is 3.37. The Labute approximate surface area is 80.3 Å². The van der Waals surface area contributed by atoms with Crippen LogP contribution in [0.15, 0.2) is 0 Å². The summed E-state index contributed by atoms with van der Waals surface area (Å²) in [5, 5.41) is 0. The van der Waals surface area contributed by atoms with Crippen LogP contribution in [0.4, 0.5) is 0 Å². The molecule has 0 aliphatic carbocycles. The van der Waals surface area contributed by atoms with Crippen molar-refractivity contribution >= 4 is 15.7 Å². The van der Waals surface area contributed by atoms with E-state index in [2.05, 4.69) is 36.5 Å². The van der Waals surface area contributed by atoms with Gasteiger partial charge in [0.05, 0.1) is 0 Å². The molecule has 0 bridgehead atoms. The van der Waals surface area contributed by atoms with E-state index in [0.29, 0.717) is 0 Å². The fourth-order valence-corrected chi connectivity index (χ4v) is 2.07. The topological polar surface area (TPSA) is 0 Å². The van der Waals surface area contributed by atoms with Gasteiger partial charge in [-0.15, -0.1) is 0 Å². The molecule has 0 aromatic rings. The van der Waals surface area contributed by atoms with Gasteiger partial charge < -0.3 is 0 Å². The largest absolute Gasteiger partial charge is 0.105 e. The molecule has 0 aliphatic heterocycles. The highest BCUT2D eigenvalue weighted by Gasteiger charge is 2.19. The third-order valence-electron chi connectivity index (χ3n) is 3.37. The molecular weight excluding hydrogens is 142 g/mol. The van der Waals surface area contributed by atoms with Crippen molar-refractivity contribution in [3.63, 3.8) is 0 Å². The van der Waals surface area contributed by atoms with Crippen molar-refractivity contribution in [3.8, 4) is 0 Å². The maximum atomic E-state index is 2.41. The van der Waals surface area contributed by atoms with Crippen molar-refractivity contribution in [1.82, 2.24) is 0 Å². The van der Waals surface area contributed by atoms with Crippen LogP contribution in [0.3, 0.4) is 0 Å². The highest BCUT2D eigenvalue weighted by molar-refractivity contribution is 6.15. The number of hydrogen-bond acceptors (Lipinski definition) is 0. The summed E-state index contributed by atoms with van der Waals surface area (Å²) in [5.74, 6) is 2.80. The van der Waals surface area contributed by atoms with Gasteiger partial charge in [0, 0.05) is 0 Å². The van der Waals surface area contributed by atoms with E-state index in [1.54, 1.807) is 0 Å². The predicted molar refractivity (Wildman–Crippen MR) is 63.6 cm³/mol. The summed E-state index contributed by atoms with van der Waals surface area (Å²) in [5.41, 5.74) is 0. The second-order valence-electron chi connectivity index (χ2n) is 4.22. The molecule has 0 heterocycles. The monoisotopic (exact) mass is 166 g/mol. The summed E-state index contributed by atoms with van der Waals surface area (Å²) in [7, 11) is 4.82. The van der Waals surface area contributed by atoms with Crippen LogP contribution in [0.2, 0.25) is 11.6 Å². The Kier molecular flexibility index (Phi) is 6.70. The second-order valence-corrected chi connectivity index (χ2v) is 4.22. The van der Waals surface area contributed by atoms with Gasteiger partial charge in [0.15, 0.2) is 0 Å². The lowest BCUT2D eigenvalue weighted by molar-refractivity contribution is 0.408. The van der Waals surface area contributed by atoms with Crippen LogP contribution < -0.4 is 0 Å². The van der Waals surface area contributed by atoms with Gasteiger partial charge in [-0.25, -0.2) is 0 Å². The van der Waals surface area contributed by atoms with Gasteiger partial charge in [-0.2, -0.15) is 0 Å². The van der Waals surface area contributed by atoms with Crippen molar-refractivity contribution in [2.75, 3.05) is 0 Å². The summed E-state index contributed by atoms with van der Waals surface area (Å²) >= 11 is 0. The Morgan fingerprint density at radius 1 is 0.917 bits per heavy atom. The van der Waals surface area contributed by atoms with Gasteiger partial charge in [-0.05, 0) is 0 Å². The molecule has 2 heteroatoms. The molecule has 0 aliphatic rings. The second kappa shape index (κ2) is 6.62. The van der Waals surface area contributed by atoms with Crippen LogP contribution in [0.1, 0.15) is 46.5 Å². The van der Waals surface area contributed by atoms with Crippen molar-refractivity contribution in [1.29, 1.82) is 0 Å². The average Bonchev–Trinajstić information content (AvgIpc) is 2.11. The fourth-order valence-electron chi connectivity index (χ4n) is 2.07. The first-order valence-electron chi connectivity index (χ1n) is 5.67. The van der Waals surface area contributed by atoms with E-state index in [-0.39, 0.29) is 0 Å². The molecule has 2 atom stereocenters. The molecule has 12 heavy (non-hydrogen) atoms. The number of hydrogen-bond donors (Lipinski definition) is 0. The maximum Gasteiger partial charge on any atom is 0.105 e. The minimum Gasteiger partial charge on any atom is -0.0676 e. The first kappa shape index (κ1) is 12.1. The maximum absolute atomic E-state index is 2.41. The van der Waals surface area contributed by atoms with Gasteiger partial charge in [0.2, 0.25) is 0 Å². The minimum absolute atomic E-state index is 0.917. The number of rotatable bonds is 6. The van der Waals surface area contributed by atoms with Crippen LogP contribution in [0.25, 0.3) is 0 Å². The molecule has 0 saturated heterocycles. The standard InChI is InChI=1S/C10H24B2/c1-4-7-8(9(11)5-2)10(12)6-3/h8-10H,4-7,11-12H2,1-3H3. The third kappa shape index (κ3) is 3.69. The van der Waals surface area contributed by atoms with Crippen molar-refractivity contribution in [3.05, 3.63) is 0 Å². The normalized spacial score (nSPS) is 18.6. The van der Waals surface area contributed by atoms with E-state index in [4.69, 9.17) is 0 Å². The molecule has 0 rings (SSSR count). The van der Waals surface area contributed by atoms with Gasteiger partial charge in [-0.3, -0.25) is 0 Å². The molecule has 0 nitrogen and oxygen atoms in total. The molecular formula is C10H24B2. The van der Waals surface area contributed by atoms with Crippen molar-refractivity contribution < 1.29 is 0 Å². The van der Waals surface area contributed by atoms with E-state index < -0.39 is 0 Å². The highest BCUT2D eigenvalue weighted by atomic mass is 14.2. The zero-order chi connectivity index (χ0) is 9.56. The molecule has 0 radical (unpaired) electrons. The predicted octanol–water partition coefficient (Wildman–Crippen LogP) is 2.07. The van der Waals surface area contributed by atoms with Crippen molar-refractivity contribution in [2.45, 2.75) is 58.1 Å². The summed E-state index contributed by atoms with van der Waals surface area (Å²) in [6.45, 7) is 6.93. The summed E-state index contributed by atoms with van der Waals surface area (Å²) in [6.07, 6.45) is 5.45. The lowest BCUT2D eigenvalue weighted by atomic mass is 9.61. The van der Waals surface area contributed by atoms with Crippen molar-refractivity contribution in [2.24, 2.45) is 5.92 Å². The Morgan fingerprint density at radius 3 is 1.58 bits per heavy atom. The molecule has 0 saturated carbocycles. The van der Waals surface area contributed by atoms with E-state index in [9.17, 15) is 0 Å².